The quantitative estimate of drug-likeness (QED) is 0.755. The van der Waals surface area contributed by atoms with E-state index in [0.29, 0.717) is 5.92 Å². The molecule has 1 aliphatic heterocycles. The second-order valence-electron chi connectivity index (χ2n) is 9.73. The molecule has 2 nitrogen and oxygen atoms in total. The molecule has 0 N–H and O–H groups in total. The number of aromatic nitrogens is 1. The highest BCUT2D eigenvalue weighted by Gasteiger charge is 2.43. The van der Waals surface area contributed by atoms with E-state index in [2.05, 4.69) is 44.9 Å². The summed E-state index contributed by atoms with van der Waals surface area (Å²) in [5.74, 6) is 2.76. The molecule has 2 aliphatic carbocycles. The summed E-state index contributed by atoms with van der Waals surface area (Å²) in [5, 5.41) is 0. The van der Waals surface area contributed by atoms with E-state index in [-0.39, 0.29) is 5.41 Å². The minimum Gasteiger partial charge on any atom is -0.300 e. The van der Waals surface area contributed by atoms with Crippen molar-refractivity contribution in [3.63, 3.8) is 0 Å². The fraction of sp³-hybridized carbons (Fsp3) is 0.773. The smallest absolute Gasteiger partial charge is 0.0464 e. The highest BCUT2D eigenvalue weighted by molar-refractivity contribution is 5.30. The molecule has 24 heavy (non-hydrogen) atoms. The largest absolute Gasteiger partial charge is 0.300 e. The Morgan fingerprint density at radius 2 is 1.79 bits per heavy atom. The van der Waals surface area contributed by atoms with Crippen LogP contribution in [0.1, 0.15) is 82.0 Å². The molecule has 2 saturated carbocycles. The third-order valence-electron chi connectivity index (χ3n) is 7.07. The number of hydrogen-bond donors (Lipinski definition) is 0. The van der Waals surface area contributed by atoms with Crippen molar-refractivity contribution in [3.8, 4) is 0 Å². The minimum absolute atomic E-state index is 0.196. The zero-order valence-corrected chi connectivity index (χ0v) is 16.0. The van der Waals surface area contributed by atoms with E-state index in [1.165, 1.54) is 68.4 Å². The zero-order valence-electron chi connectivity index (χ0n) is 16.0. The number of aryl methyl sites for hydroxylation is 1. The van der Waals surface area contributed by atoms with E-state index in [1.54, 1.807) is 0 Å². The molecular formula is C22H34N2. The van der Waals surface area contributed by atoms with Crippen LogP contribution in [0.15, 0.2) is 12.3 Å². The first-order chi connectivity index (χ1) is 11.4. The van der Waals surface area contributed by atoms with Gasteiger partial charge in [0.15, 0.2) is 0 Å². The van der Waals surface area contributed by atoms with Gasteiger partial charge in [-0.1, -0.05) is 33.3 Å². The Kier molecular flexibility index (Phi) is 4.23. The van der Waals surface area contributed by atoms with Gasteiger partial charge in [0.1, 0.15) is 0 Å². The average molecular weight is 327 g/mol. The van der Waals surface area contributed by atoms with E-state index >= 15 is 0 Å². The Morgan fingerprint density at radius 1 is 1.04 bits per heavy atom. The van der Waals surface area contributed by atoms with E-state index in [1.807, 2.05) is 0 Å². The highest BCUT2D eigenvalue weighted by Crippen LogP contribution is 2.47. The molecule has 2 bridgehead atoms. The predicted molar refractivity (Wildman–Crippen MR) is 100 cm³/mol. The summed E-state index contributed by atoms with van der Waals surface area (Å²) in [7, 11) is 0. The van der Waals surface area contributed by atoms with Crippen molar-refractivity contribution in [1.29, 1.82) is 0 Å². The first kappa shape index (κ1) is 16.6. The van der Waals surface area contributed by atoms with E-state index in [9.17, 15) is 0 Å². The standard InChI is InChI=1S/C22H34N2/c1-15-11-19(22(2,3)4)14-23-21(15)17-7-9-24(10-8-17)20-13-16-5-6-18(20)12-16/h11,14,16-18,20H,5-10,12-13H2,1-4H3/t16?,18?,20-/m1/s1. The lowest BCUT2D eigenvalue weighted by atomic mass is 9.84. The number of likely N-dealkylation sites (tertiary alicyclic amines) is 1. The highest BCUT2D eigenvalue weighted by atomic mass is 15.2. The van der Waals surface area contributed by atoms with Crippen molar-refractivity contribution in [3.05, 3.63) is 29.1 Å². The molecule has 0 aromatic carbocycles. The van der Waals surface area contributed by atoms with E-state index in [0.717, 1.165) is 17.9 Å². The fourth-order valence-corrected chi connectivity index (χ4v) is 5.59. The lowest BCUT2D eigenvalue weighted by Crippen LogP contribution is -2.43. The van der Waals surface area contributed by atoms with Crippen molar-refractivity contribution in [1.82, 2.24) is 9.88 Å². The molecule has 2 heteroatoms. The van der Waals surface area contributed by atoms with Gasteiger partial charge in [-0.2, -0.15) is 0 Å². The molecule has 1 aromatic rings. The van der Waals surface area contributed by atoms with Crippen molar-refractivity contribution in [2.24, 2.45) is 11.8 Å². The first-order valence-corrected chi connectivity index (χ1v) is 10.1. The van der Waals surface area contributed by atoms with Crippen LogP contribution in [0.2, 0.25) is 0 Å². The van der Waals surface area contributed by atoms with Gasteiger partial charge in [0, 0.05) is 23.9 Å². The van der Waals surface area contributed by atoms with Crippen LogP contribution in [0, 0.1) is 18.8 Å². The van der Waals surface area contributed by atoms with Crippen LogP contribution >= 0.6 is 0 Å². The summed E-state index contributed by atoms with van der Waals surface area (Å²) >= 11 is 0. The molecule has 0 amide bonds. The van der Waals surface area contributed by atoms with Crippen molar-refractivity contribution in [2.75, 3.05) is 13.1 Å². The molecule has 0 radical (unpaired) electrons. The van der Waals surface area contributed by atoms with Crippen molar-refractivity contribution >= 4 is 0 Å². The van der Waals surface area contributed by atoms with Crippen LogP contribution in [0.25, 0.3) is 0 Å². The first-order valence-electron chi connectivity index (χ1n) is 10.1. The van der Waals surface area contributed by atoms with Gasteiger partial charge in [-0.15, -0.1) is 0 Å². The topological polar surface area (TPSA) is 16.1 Å². The Morgan fingerprint density at radius 3 is 2.33 bits per heavy atom. The summed E-state index contributed by atoms with van der Waals surface area (Å²) in [6.45, 7) is 11.7. The van der Waals surface area contributed by atoms with Crippen LogP contribution in [-0.4, -0.2) is 29.0 Å². The molecule has 3 atom stereocenters. The van der Waals surface area contributed by atoms with Crippen LogP contribution in [0.5, 0.6) is 0 Å². The lowest BCUT2D eigenvalue weighted by molar-refractivity contribution is 0.110. The Labute approximate surface area is 148 Å². The SMILES string of the molecule is Cc1cc(C(C)(C)C)cnc1C1CCN([C@@H]2CC3CCC2C3)CC1. The summed E-state index contributed by atoms with van der Waals surface area (Å²) in [6.07, 6.45) is 10.8. The zero-order chi connectivity index (χ0) is 16.9. The van der Waals surface area contributed by atoms with Crippen LogP contribution < -0.4 is 0 Å². The molecule has 2 unspecified atom stereocenters. The third kappa shape index (κ3) is 3.03. The molecule has 1 saturated heterocycles. The summed E-state index contributed by atoms with van der Waals surface area (Å²) in [5.41, 5.74) is 4.33. The van der Waals surface area contributed by atoms with Gasteiger partial charge in [-0.25, -0.2) is 0 Å². The average Bonchev–Trinajstić information content (AvgIpc) is 3.17. The molecule has 1 aromatic heterocycles. The third-order valence-corrected chi connectivity index (χ3v) is 7.07. The molecule has 3 aliphatic rings. The normalized spacial score (nSPS) is 31.8. The van der Waals surface area contributed by atoms with E-state index < -0.39 is 0 Å². The maximum atomic E-state index is 4.91. The number of pyridine rings is 1. The van der Waals surface area contributed by atoms with Gasteiger partial charge in [0.2, 0.25) is 0 Å². The fourth-order valence-electron chi connectivity index (χ4n) is 5.59. The molecular weight excluding hydrogens is 292 g/mol. The van der Waals surface area contributed by atoms with E-state index in [4.69, 9.17) is 4.98 Å². The molecule has 4 rings (SSSR count). The Balaban J connectivity index is 1.41. The number of rotatable bonds is 2. The van der Waals surface area contributed by atoms with Gasteiger partial charge in [-0.3, -0.25) is 4.98 Å². The van der Waals surface area contributed by atoms with Crippen LogP contribution in [0.3, 0.4) is 0 Å². The summed E-state index contributed by atoms with van der Waals surface area (Å²) in [6, 6.07) is 3.30. The second-order valence-corrected chi connectivity index (χ2v) is 9.73. The molecule has 132 valence electrons. The number of nitrogens with zero attached hydrogens (tertiary/aromatic N) is 2. The Hall–Kier alpha value is -0.890. The Bertz CT molecular complexity index is 592. The van der Waals surface area contributed by atoms with Crippen molar-refractivity contribution in [2.45, 2.75) is 83.6 Å². The van der Waals surface area contributed by atoms with Gasteiger partial charge in [0.25, 0.3) is 0 Å². The maximum absolute atomic E-state index is 4.91. The minimum atomic E-state index is 0.196. The maximum Gasteiger partial charge on any atom is 0.0464 e. The number of piperidine rings is 1. The predicted octanol–water partition coefficient (Wildman–Crippen LogP) is 5.06. The molecule has 0 spiro atoms. The van der Waals surface area contributed by atoms with Gasteiger partial charge in [-0.05, 0) is 80.5 Å². The number of hydrogen-bond acceptors (Lipinski definition) is 2. The van der Waals surface area contributed by atoms with Crippen molar-refractivity contribution < 1.29 is 0 Å². The lowest BCUT2D eigenvalue weighted by Gasteiger charge is -2.39. The van der Waals surface area contributed by atoms with Gasteiger partial charge >= 0.3 is 0 Å². The van der Waals surface area contributed by atoms with Gasteiger partial charge in [0.05, 0.1) is 0 Å². The van der Waals surface area contributed by atoms with Crippen LogP contribution in [-0.2, 0) is 5.41 Å². The summed E-state index contributed by atoms with van der Waals surface area (Å²) < 4.78 is 0. The van der Waals surface area contributed by atoms with Crippen LogP contribution in [0.4, 0.5) is 0 Å². The monoisotopic (exact) mass is 326 g/mol. The van der Waals surface area contributed by atoms with Gasteiger partial charge < -0.3 is 4.90 Å². The molecule has 3 fully saturated rings. The number of fused-ring (bicyclic) bond motifs is 2. The summed E-state index contributed by atoms with van der Waals surface area (Å²) in [4.78, 5) is 7.74. The second kappa shape index (κ2) is 6.12. The molecule has 2 heterocycles.